The van der Waals surface area contributed by atoms with Crippen LogP contribution >= 0.6 is 0 Å². The molecule has 1 aromatic carbocycles. The summed E-state index contributed by atoms with van der Waals surface area (Å²) in [7, 11) is 1.56. The zero-order valence-electron chi connectivity index (χ0n) is 15.8. The quantitative estimate of drug-likeness (QED) is 0.527. The Labute approximate surface area is 160 Å². The SMILES string of the molecule is CCOC(=O)Cn1c(=O)c2c(ncn2CCOC)n(Cc2ccccc2)c1=O. The third kappa shape index (κ3) is 3.89. The van der Waals surface area contributed by atoms with Gasteiger partial charge in [0, 0.05) is 13.7 Å². The Morgan fingerprint density at radius 2 is 1.89 bits per heavy atom. The number of fused-ring (bicyclic) bond motifs is 1. The number of rotatable bonds is 8. The van der Waals surface area contributed by atoms with E-state index in [1.165, 1.54) is 10.9 Å². The molecule has 0 saturated carbocycles. The van der Waals surface area contributed by atoms with Crippen LogP contribution in [0.1, 0.15) is 12.5 Å². The number of aromatic nitrogens is 4. The molecule has 0 amide bonds. The van der Waals surface area contributed by atoms with Crippen LogP contribution in [0.25, 0.3) is 11.2 Å². The first-order valence-electron chi connectivity index (χ1n) is 8.93. The van der Waals surface area contributed by atoms with Gasteiger partial charge in [0.1, 0.15) is 6.54 Å². The highest BCUT2D eigenvalue weighted by Gasteiger charge is 2.20. The van der Waals surface area contributed by atoms with Gasteiger partial charge in [-0.25, -0.2) is 14.3 Å². The van der Waals surface area contributed by atoms with Gasteiger partial charge in [0.25, 0.3) is 5.56 Å². The minimum atomic E-state index is -0.643. The summed E-state index contributed by atoms with van der Waals surface area (Å²) in [6.07, 6.45) is 1.50. The first-order valence-corrected chi connectivity index (χ1v) is 8.93. The van der Waals surface area contributed by atoms with Crippen molar-refractivity contribution in [1.82, 2.24) is 18.7 Å². The normalized spacial score (nSPS) is 11.1. The molecule has 0 aliphatic rings. The zero-order chi connectivity index (χ0) is 20.1. The lowest BCUT2D eigenvalue weighted by Crippen LogP contribution is -2.42. The summed E-state index contributed by atoms with van der Waals surface area (Å²) in [6.45, 7) is 2.37. The van der Waals surface area contributed by atoms with Crippen LogP contribution in [0.3, 0.4) is 0 Å². The average Bonchev–Trinajstić information content (AvgIpc) is 3.12. The van der Waals surface area contributed by atoms with Crippen LogP contribution in [0.15, 0.2) is 46.2 Å². The maximum atomic E-state index is 13.0. The van der Waals surface area contributed by atoms with E-state index in [0.717, 1.165) is 10.1 Å². The molecule has 9 nitrogen and oxygen atoms in total. The van der Waals surface area contributed by atoms with Crippen LogP contribution < -0.4 is 11.2 Å². The lowest BCUT2D eigenvalue weighted by Gasteiger charge is -2.12. The van der Waals surface area contributed by atoms with E-state index in [1.807, 2.05) is 30.3 Å². The smallest absolute Gasteiger partial charge is 0.333 e. The Balaban J connectivity index is 2.19. The molecule has 3 rings (SSSR count). The summed E-state index contributed by atoms with van der Waals surface area (Å²) < 4.78 is 13.9. The summed E-state index contributed by atoms with van der Waals surface area (Å²) >= 11 is 0. The van der Waals surface area contributed by atoms with E-state index in [2.05, 4.69) is 4.98 Å². The molecule has 3 aromatic rings. The van der Waals surface area contributed by atoms with Gasteiger partial charge in [-0.2, -0.15) is 0 Å². The number of benzene rings is 1. The van der Waals surface area contributed by atoms with E-state index in [4.69, 9.17) is 9.47 Å². The van der Waals surface area contributed by atoms with Crippen molar-refractivity contribution in [2.45, 2.75) is 26.6 Å². The third-order valence-corrected chi connectivity index (χ3v) is 4.30. The van der Waals surface area contributed by atoms with Crippen LogP contribution in [-0.2, 0) is 33.9 Å². The average molecular weight is 386 g/mol. The van der Waals surface area contributed by atoms with Gasteiger partial charge < -0.3 is 14.0 Å². The van der Waals surface area contributed by atoms with Crippen molar-refractivity contribution in [1.29, 1.82) is 0 Å². The molecule has 0 radical (unpaired) electrons. The number of hydrogen-bond donors (Lipinski definition) is 0. The van der Waals surface area contributed by atoms with Crippen molar-refractivity contribution >= 4 is 17.1 Å². The van der Waals surface area contributed by atoms with E-state index in [0.29, 0.717) is 13.2 Å². The highest BCUT2D eigenvalue weighted by Crippen LogP contribution is 2.10. The molecule has 0 aliphatic heterocycles. The van der Waals surface area contributed by atoms with Gasteiger partial charge >= 0.3 is 11.7 Å². The largest absolute Gasteiger partial charge is 0.465 e. The number of esters is 1. The Hall–Kier alpha value is -3.20. The maximum absolute atomic E-state index is 13.0. The second-order valence-corrected chi connectivity index (χ2v) is 6.15. The van der Waals surface area contributed by atoms with E-state index in [9.17, 15) is 14.4 Å². The third-order valence-electron chi connectivity index (χ3n) is 4.30. The Morgan fingerprint density at radius 1 is 1.14 bits per heavy atom. The summed E-state index contributed by atoms with van der Waals surface area (Å²) in [5.74, 6) is -0.643. The number of carbonyl (C=O) groups is 1. The molecule has 0 bridgehead atoms. The standard InChI is InChI=1S/C19H22N4O5/c1-3-28-15(24)12-23-18(25)16-17(20-13-21(16)9-10-27-2)22(19(23)26)11-14-7-5-4-6-8-14/h4-8,13H,3,9-12H2,1-2H3. The van der Waals surface area contributed by atoms with Crippen LogP contribution in [0.5, 0.6) is 0 Å². The predicted molar refractivity (Wildman–Crippen MR) is 102 cm³/mol. The molecule has 0 fully saturated rings. The maximum Gasteiger partial charge on any atom is 0.333 e. The number of nitrogens with zero attached hydrogens (tertiary/aromatic N) is 4. The molecule has 148 valence electrons. The van der Waals surface area contributed by atoms with Gasteiger partial charge in [0.2, 0.25) is 0 Å². The molecule has 0 unspecified atom stereocenters. The summed E-state index contributed by atoms with van der Waals surface area (Å²) in [5.41, 5.74) is 0.211. The highest BCUT2D eigenvalue weighted by molar-refractivity contribution is 5.72. The number of ether oxygens (including phenoxy) is 2. The van der Waals surface area contributed by atoms with Gasteiger partial charge in [-0.1, -0.05) is 30.3 Å². The molecule has 0 saturated heterocycles. The Morgan fingerprint density at radius 3 is 2.57 bits per heavy atom. The molecule has 0 atom stereocenters. The van der Waals surface area contributed by atoms with Crippen LogP contribution in [0.4, 0.5) is 0 Å². The van der Waals surface area contributed by atoms with Crippen LogP contribution in [0.2, 0.25) is 0 Å². The van der Waals surface area contributed by atoms with Gasteiger partial charge in [-0.3, -0.25) is 14.2 Å². The summed E-state index contributed by atoms with van der Waals surface area (Å²) in [6, 6.07) is 9.36. The predicted octanol–water partition coefficient (Wildman–Crippen LogP) is 0.617. The number of imidazole rings is 1. The van der Waals surface area contributed by atoms with Gasteiger partial charge in [-0.15, -0.1) is 0 Å². The summed E-state index contributed by atoms with van der Waals surface area (Å²) in [4.78, 5) is 42.2. The number of carbonyl (C=O) groups excluding carboxylic acids is 1. The van der Waals surface area contributed by atoms with Gasteiger partial charge in [-0.05, 0) is 12.5 Å². The molecule has 9 heteroatoms. The van der Waals surface area contributed by atoms with Gasteiger partial charge in [0.15, 0.2) is 11.2 Å². The minimum Gasteiger partial charge on any atom is -0.465 e. The van der Waals surface area contributed by atoms with Crippen molar-refractivity contribution in [3.8, 4) is 0 Å². The van der Waals surface area contributed by atoms with Crippen molar-refractivity contribution in [2.24, 2.45) is 0 Å². The van der Waals surface area contributed by atoms with Crippen molar-refractivity contribution in [2.75, 3.05) is 20.3 Å². The molecule has 2 heterocycles. The zero-order valence-corrected chi connectivity index (χ0v) is 15.8. The van der Waals surface area contributed by atoms with E-state index in [-0.39, 0.29) is 24.3 Å². The lowest BCUT2D eigenvalue weighted by molar-refractivity contribution is -0.143. The fourth-order valence-corrected chi connectivity index (χ4v) is 2.98. The van der Waals surface area contributed by atoms with Crippen molar-refractivity contribution < 1.29 is 14.3 Å². The van der Waals surface area contributed by atoms with Crippen LogP contribution in [-0.4, -0.2) is 45.0 Å². The fourth-order valence-electron chi connectivity index (χ4n) is 2.98. The first-order chi connectivity index (χ1) is 13.6. The molecular formula is C19H22N4O5. The molecule has 2 aromatic heterocycles. The Bertz CT molecular complexity index is 1080. The van der Waals surface area contributed by atoms with Crippen molar-refractivity contribution in [3.63, 3.8) is 0 Å². The number of hydrogen-bond acceptors (Lipinski definition) is 6. The molecule has 0 aliphatic carbocycles. The topological polar surface area (TPSA) is 97.3 Å². The molecule has 0 N–H and O–H groups in total. The molecule has 0 spiro atoms. The highest BCUT2D eigenvalue weighted by atomic mass is 16.5. The van der Waals surface area contributed by atoms with E-state index in [1.54, 1.807) is 18.6 Å². The van der Waals surface area contributed by atoms with Gasteiger partial charge in [0.05, 0.1) is 26.1 Å². The van der Waals surface area contributed by atoms with E-state index >= 15 is 0 Å². The second kappa shape index (κ2) is 8.66. The fraction of sp³-hybridized carbons (Fsp3) is 0.368. The summed E-state index contributed by atoms with van der Waals surface area (Å²) in [5, 5.41) is 0. The van der Waals surface area contributed by atoms with E-state index < -0.39 is 23.8 Å². The Kier molecular flexibility index (Phi) is 6.05. The number of methoxy groups -OCH3 is 1. The van der Waals surface area contributed by atoms with Crippen LogP contribution in [0, 0.1) is 0 Å². The minimum absolute atomic E-state index is 0.166. The monoisotopic (exact) mass is 386 g/mol. The first kappa shape index (κ1) is 19.6. The molecular weight excluding hydrogens is 364 g/mol. The lowest BCUT2D eigenvalue weighted by atomic mass is 10.2. The van der Waals surface area contributed by atoms with Crippen molar-refractivity contribution in [3.05, 3.63) is 63.1 Å². The second-order valence-electron chi connectivity index (χ2n) is 6.15. The molecule has 28 heavy (non-hydrogen) atoms.